The molecule has 1 unspecified atom stereocenters. The lowest BCUT2D eigenvalue weighted by Gasteiger charge is -2.26. The number of carboxylic acids is 1. The van der Waals surface area contributed by atoms with E-state index >= 15 is 0 Å². The Kier molecular flexibility index (Phi) is 7.17. The molecule has 0 aliphatic rings. The molecule has 0 bridgehead atoms. The predicted molar refractivity (Wildman–Crippen MR) is 118 cm³/mol. The standard InChI is InChI=1S/C24H30O4S/c1-14-12-19(13-15(2)22(14)28-24(5,6)23(26)27)16(3)17(4)21(25)18-8-10-20(29-7)11-9-18/h8-13,16-17H,1-7H3,(H,26,27)/t16-,17?/m0/s1. The van der Waals surface area contributed by atoms with Gasteiger partial charge in [-0.1, -0.05) is 38.1 Å². The molecule has 2 aromatic rings. The van der Waals surface area contributed by atoms with Crippen LogP contribution in [0.4, 0.5) is 0 Å². The van der Waals surface area contributed by atoms with Gasteiger partial charge in [0.25, 0.3) is 0 Å². The van der Waals surface area contributed by atoms with Gasteiger partial charge in [0.05, 0.1) is 0 Å². The number of aliphatic carboxylic acids is 1. The van der Waals surface area contributed by atoms with Gasteiger partial charge in [-0.3, -0.25) is 4.79 Å². The third-order valence-electron chi connectivity index (χ3n) is 5.42. The van der Waals surface area contributed by atoms with Gasteiger partial charge in [-0.25, -0.2) is 4.79 Å². The summed E-state index contributed by atoms with van der Waals surface area (Å²) in [6.07, 6.45) is 2.01. The van der Waals surface area contributed by atoms with Gasteiger partial charge in [0.1, 0.15) is 5.75 Å². The van der Waals surface area contributed by atoms with Crippen LogP contribution in [0.1, 0.15) is 60.7 Å². The molecule has 0 aliphatic heterocycles. The van der Waals surface area contributed by atoms with Crippen LogP contribution >= 0.6 is 11.8 Å². The van der Waals surface area contributed by atoms with Crippen molar-refractivity contribution < 1.29 is 19.4 Å². The number of hydrogen-bond acceptors (Lipinski definition) is 4. The van der Waals surface area contributed by atoms with Crippen LogP contribution in [0.25, 0.3) is 0 Å². The number of carboxylic acid groups (broad SMARTS) is 1. The summed E-state index contributed by atoms with van der Waals surface area (Å²) in [5, 5.41) is 9.34. The van der Waals surface area contributed by atoms with Crippen LogP contribution in [0, 0.1) is 19.8 Å². The fourth-order valence-corrected chi connectivity index (χ4v) is 3.65. The highest BCUT2D eigenvalue weighted by Crippen LogP contribution is 2.34. The molecular formula is C24H30O4S. The second kappa shape index (κ2) is 9.04. The van der Waals surface area contributed by atoms with Gasteiger partial charge in [0.2, 0.25) is 0 Å². The van der Waals surface area contributed by atoms with E-state index in [0.717, 1.165) is 27.1 Å². The normalized spacial score (nSPS) is 13.6. The second-order valence-electron chi connectivity index (χ2n) is 8.07. The Morgan fingerprint density at radius 3 is 2.00 bits per heavy atom. The summed E-state index contributed by atoms with van der Waals surface area (Å²) in [5.41, 5.74) is 2.19. The van der Waals surface area contributed by atoms with E-state index in [1.807, 2.05) is 63.4 Å². The predicted octanol–water partition coefficient (Wildman–Crippen LogP) is 5.89. The molecule has 4 nitrogen and oxygen atoms in total. The van der Waals surface area contributed by atoms with Gasteiger partial charge in [0.15, 0.2) is 11.4 Å². The van der Waals surface area contributed by atoms with Crippen LogP contribution in [-0.2, 0) is 4.79 Å². The van der Waals surface area contributed by atoms with Crippen molar-refractivity contribution in [2.75, 3.05) is 6.26 Å². The molecule has 0 spiro atoms. The van der Waals surface area contributed by atoms with Crippen molar-refractivity contribution >= 4 is 23.5 Å². The average molecular weight is 415 g/mol. The molecular weight excluding hydrogens is 384 g/mol. The van der Waals surface area contributed by atoms with Crippen LogP contribution in [0.2, 0.25) is 0 Å². The van der Waals surface area contributed by atoms with E-state index in [9.17, 15) is 14.7 Å². The van der Waals surface area contributed by atoms with E-state index in [0.29, 0.717) is 5.75 Å². The minimum absolute atomic E-state index is 0.0154. The van der Waals surface area contributed by atoms with Crippen LogP contribution in [0.15, 0.2) is 41.3 Å². The second-order valence-corrected chi connectivity index (χ2v) is 8.95. The van der Waals surface area contributed by atoms with Gasteiger partial charge in [-0.05, 0) is 68.7 Å². The average Bonchev–Trinajstić information content (AvgIpc) is 2.68. The minimum atomic E-state index is -1.31. The molecule has 0 aromatic heterocycles. The van der Waals surface area contributed by atoms with Gasteiger partial charge in [-0.2, -0.15) is 0 Å². The summed E-state index contributed by atoms with van der Waals surface area (Å²) in [7, 11) is 0. The number of rotatable bonds is 8. The first kappa shape index (κ1) is 23.0. The van der Waals surface area contributed by atoms with E-state index < -0.39 is 11.6 Å². The van der Waals surface area contributed by atoms with E-state index in [1.54, 1.807) is 11.8 Å². The van der Waals surface area contributed by atoms with Crippen molar-refractivity contribution in [2.45, 2.75) is 58.0 Å². The molecule has 29 heavy (non-hydrogen) atoms. The molecule has 0 amide bonds. The first-order valence-electron chi connectivity index (χ1n) is 9.69. The summed E-state index contributed by atoms with van der Waals surface area (Å²) < 4.78 is 5.79. The zero-order valence-corrected chi connectivity index (χ0v) is 19.0. The first-order valence-corrected chi connectivity index (χ1v) is 10.9. The van der Waals surface area contributed by atoms with Crippen LogP contribution in [0.5, 0.6) is 5.75 Å². The first-order chi connectivity index (χ1) is 13.5. The molecule has 0 radical (unpaired) electrons. The van der Waals surface area contributed by atoms with Crippen molar-refractivity contribution in [3.8, 4) is 5.75 Å². The van der Waals surface area contributed by atoms with E-state index in [2.05, 4.69) is 6.92 Å². The highest BCUT2D eigenvalue weighted by atomic mass is 32.2. The van der Waals surface area contributed by atoms with Crippen LogP contribution in [0.3, 0.4) is 0 Å². The molecule has 2 rings (SSSR count). The number of hydrogen-bond donors (Lipinski definition) is 1. The molecule has 0 fully saturated rings. The Balaban J connectivity index is 2.26. The zero-order valence-electron chi connectivity index (χ0n) is 18.2. The lowest BCUT2D eigenvalue weighted by molar-refractivity contribution is -0.152. The van der Waals surface area contributed by atoms with Gasteiger partial charge in [-0.15, -0.1) is 11.8 Å². The quantitative estimate of drug-likeness (QED) is 0.431. The Hall–Kier alpha value is -2.27. The van der Waals surface area contributed by atoms with E-state index in [-0.39, 0.29) is 17.6 Å². The Bertz CT molecular complexity index is 877. The van der Waals surface area contributed by atoms with Crippen LogP contribution < -0.4 is 4.74 Å². The lowest BCUT2D eigenvalue weighted by atomic mass is 9.82. The minimum Gasteiger partial charge on any atom is -0.478 e. The van der Waals surface area contributed by atoms with Crippen molar-refractivity contribution in [2.24, 2.45) is 5.92 Å². The number of carbonyl (C=O) groups excluding carboxylic acids is 1. The van der Waals surface area contributed by atoms with Crippen molar-refractivity contribution in [3.63, 3.8) is 0 Å². The SMILES string of the molecule is CSc1ccc(C(=O)C(C)[C@H](C)c2cc(C)c(OC(C)(C)C(=O)O)c(C)c2)cc1. The Labute approximate surface area is 177 Å². The highest BCUT2D eigenvalue weighted by Gasteiger charge is 2.31. The van der Waals surface area contributed by atoms with Crippen molar-refractivity contribution in [1.82, 2.24) is 0 Å². The summed E-state index contributed by atoms with van der Waals surface area (Å²) in [6.45, 7) is 10.9. The summed E-state index contributed by atoms with van der Waals surface area (Å²) in [5.74, 6) is -0.481. The largest absolute Gasteiger partial charge is 0.478 e. The molecule has 2 aromatic carbocycles. The number of carbonyl (C=O) groups is 2. The molecule has 0 heterocycles. The number of benzene rings is 2. The van der Waals surface area contributed by atoms with Crippen molar-refractivity contribution in [3.05, 3.63) is 58.7 Å². The van der Waals surface area contributed by atoms with E-state index in [1.165, 1.54) is 13.8 Å². The van der Waals surface area contributed by atoms with Crippen LogP contribution in [-0.4, -0.2) is 28.7 Å². The monoisotopic (exact) mass is 414 g/mol. The third-order valence-corrected chi connectivity index (χ3v) is 6.16. The maximum atomic E-state index is 13.0. The van der Waals surface area contributed by atoms with E-state index in [4.69, 9.17) is 4.74 Å². The third kappa shape index (κ3) is 5.21. The molecule has 5 heteroatoms. The summed E-state index contributed by atoms with van der Waals surface area (Å²) >= 11 is 1.65. The van der Waals surface area contributed by atoms with Crippen molar-refractivity contribution in [1.29, 1.82) is 0 Å². The number of aryl methyl sites for hydroxylation is 2. The number of Topliss-reactive ketones (excluding diaryl/α,β-unsaturated/α-hetero) is 1. The summed E-state index contributed by atoms with van der Waals surface area (Å²) in [4.78, 5) is 25.5. The van der Waals surface area contributed by atoms with Gasteiger partial charge in [0, 0.05) is 16.4 Å². The number of ketones is 1. The molecule has 156 valence electrons. The smallest absolute Gasteiger partial charge is 0.347 e. The fraction of sp³-hybridized carbons (Fsp3) is 0.417. The summed E-state index contributed by atoms with van der Waals surface area (Å²) in [6, 6.07) is 11.7. The van der Waals surface area contributed by atoms with Gasteiger partial charge >= 0.3 is 5.97 Å². The van der Waals surface area contributed by atoms with Gasteiger partial charge < -0.3 is 9.84 Å². The number of ether oxygens (including phenoxy) is 1. The molecule has 0 saturated heterocycles. The zero-order chi connectivity index (χ0) is 21.9. The molecule has 0 saturated carbocycles. The Morgan fingerprint density at radius 2 is 1.55 bits per heavy atom. The molecule has 1 N–H and O–H groups in total. The maximum absolute atomic E-state index is 13.0. The highest BCUT2D eigenvalue weighted by molar-refractivity contribution is 7.98. The fourth-order valence-electron chi connectivity index (χ4n) is 3.24. The Morgan fingerprint density at radius 1 is 1.03 bits per heavy atom. The lowest BCUT2D eigenvalue weighted by Crippen LogP contribution is -2.38. The molecule has 2 atom stereocenters. The maximum Gasteiger partial charge on any atom is 0.347 e. The topological polar surface area (TPSA) is 63.6 Å². The molecule has 0 aliphatic carbocycles. The number of thioether (sulfide) groups is 1.